The Kier molecular flexibility index (Phi) is 3.38. The Morgan fingerprint density at radius 1 is 1.35 bits per heavy atom. The minimum Gasteiger partial charge on any atom is -0.480 e. The predicted octanol–water partition coefficient (Wildman–Crippen LogP) is 1.73. The maximum absolute atomic E-state index is 11.6. The first kappa shape index (κ1) is 12.0. The Morgan fingerprint density at radius 3 is 2.53 bits per heavy atom. The highest BCUT2D eigenvalue weighted by molar-refractivity contribution is 7.99. The highest BCUT2D eigenvalue weighted by Crippen LogP contribution is 2.41. The van der Waals surface area contributed by atoms with E-state index in [9.17, 15) is 9.59 Å². The standard InChI is InChI=1S/C12H13NO3S/c1-8(14)13-10(12(15)16)7-17-11(13)9-5-3-2-4-6-9/h2-6,10-11H,7H2,1H3,(H,15,16)/t10-,11?/m0/s1. The van der Waals surface area contributed by atoms with Crippen LogP contribution in [0.1, 0.15) is 17.9 Å². The highest BCUT2D eigenvalue weighted by atomic mass is 32.2. The Labute approximate surface area is 104 Å². The van der Waals surface area contributed by atoms with E-state index in [1.807, 2.05) is 30.3 Å². The Bertz CT molecular complexity index is 435. The summed E-state index contributed by atoms with van der Waals surface area (Å²) in [5.74, 6) is -0.698. The Morgan fingerprint density at radius 2 is 2.00 bits per heavy atom. The minimum atomic E-state index is -0.939. The molecule has 5 heteroatoms. The zero-order chi connectivity index (χ0) is 12.4. The fourth-order valence-electron chi connectivity index (χ4n) is 1.96. The second-order valence-electron chi connectivity index (χ2n) is 3.88. The lowest BCUT2D eigenvalue weighted by Crippen LogP contribution is -2.41. The third-order valence-electron chi connectivity index (χ3n) is 2.73. The summed E-state index contributed by atoms with van der Waals surface area (Å²) in [6.45, 7) is 1.41. The number of carboxylic acids is 1. The van der Waals surface area contributed by atoms with Gasteiger partial charge in [-0.15, -0.1) is 11.8 Å². The van der Waals surface area contributed by atoms with E-state index in [0.717, 1.165) is 5.56 Å². The minimum absolute atomic E-state index is 0.185. The predicted molar refractivity (Wildman–Crippen MR) is 65.6 cm³/mol. The van der Waals surface area contributed by atoms with Gasteiger partial charge in [-0.3, -0.25) is 4.79 Å². The highest BCUT2D eigenvalue weighted by Gasteiger charge is 2.40. The number of aliphatic carboxylic acids is 1. The summed E-state index contributed by atoms with van der Waals surface area (Å²) >= 11 is 1.49. The van der Waals surface area contributed by atoms with Gasteiger partial charge in [-0.2, -0.15) is 0 Å². The van der Waals surface area contributed by atoms with Gasteiger partial charge in [-0.25, -0.2) is 4.79 Å². The summed E-state index contributed by atoms with van der Waals surface area (Å²) in [7, 11) is 0. The van der Waals surface area contributed by atoms with Gasteiger partial charge >= 0.3 is 5.97 Å². The molecule has 2 atom stereocenters. The van der Waals surface area contributed by atoms with Gasteiger partial charge < -0.3 is 10.0 Å². The van der Waals surface area contributed by atoms with Crippen LogP contribution in [0, 0.1) is 0 Å². The van der Waals surface area contributed by atoms with Crippen molar-refractivity contribution >= 4 is 23.6 Å². The number of nitrogens with zero attached hydrogens (tertiary/aromatic N) is 1. The lowest BCUT2D eigenvalue weighted by atomic mass is 10.2. The molecule has 0 radical (unpaired) electrons. The quantitative estimate of drug-likeness (QED) is 0.869. The van der Waals surface area contributed by atoms with Gasteiger partial charge in [0.25, 0.3) is 0 Å². The molecule has 1 unspecified atom stereocenters. The fraction of sp³-hybridized carbons (Fsp3) is 0.333. The van der Waals surface area contributed by atoms with Crippen LogP contribution in [0.25, 0.3) is 0 Å². The van der Waals surface area contributed by atoms with E-state index in [2.05, 4.69) is 0 Å². The molecule has 1 saturated heterocycles. The molecule has 0 bridgehead atoms. The molecule has 0 aliphatic carbocycles. The molecule has 0 aromatic heterocycles. The van der Waals surface area contributed by atoms with E-state index >= 15 is 0 Å². The number of hydrogen-bond donors (Lipinski definition) is 1. The molecule has 2 rings (SSSR count). The number of thioether (sulfide) groups is 1. The van der Waals surface area contributed by atoms with Gasteiger partial charge in [0, 0.05) is 12.7 Å². The zero-order valence-corrected chi connectivity index (χ0v) is 10.2. The van der Waals surface area contributed by atoms with Crippen molar-refractivity contribution in [2.75, 3.05) is 5.75 Å². The lowest BCUT2D eigenvalue weighted by molar-refractivity contribution is -0.148. The third kappa shape index (κ3) is 2.29. The average Bonchev–Trinajstić information content (AvgIpc) is 2.74. The van der Waals surface area contributed by atoms with Crippen LogP contribution < -0.4 is 0 Å². The number of hydrogen-bond acceptors (Lipinski definition) is 3. The van der Waals surface area contributed by atoms with Crippen molar-refractivity contribution in [3.63, 3.8) is 0 Å². The molecule has 1 heterocycles. The summed E-state index contributed by atoms with van der Waals surface area (Å²) in [6.07, 6.45) is 0. The Hall–Kier alpha value is -1.49. The van der Waals surface area contributed by atoms with Crippen LogP contribution in [0.2, 0.25) is 0 Å². The molecule has 1 aromatic rings. The molecule has 4 nitrogen and oxygen atoms in total. The van der Waals surface area contributed by atoms with Crippen LogP contribution in [0.5, 0.6) is 0 Å². The number of carbonyl (C=O) groups is 2. The van der Waals surface area contributed by atoms with Crippen LogP contribution in [0.4, 0.5) is 0 Å². The van der Waals surface area contributed by atoms with E-state index in [-0.39, 0.29) is 11.3 Å². The molecule has 1 aliphatic rings. The normalized spacial score (nSPS) is 23.7. The number of amides is 1. The largest absolute Gasteiger partial charge is 0.480 e. The maximum Gasteiger partial charge on any atom is 0.327 e. The van der Waals surface area contributed by atoms with Crippen molar-refractivity contribution in [2.24, 2.45) is 0 Å². The summed E-state index contributed by atoms with van der Waals surface area (Å²) < 4.78 is 0. The molecular weight excluding hydrogens is 238 g/mol. The molecule has 1 N–H and O–H groups in total. The summed E-state index contributed by atoms with van der Waals surface area (Å²) in [5, 5.41) is 8.90. The number of carbonyl (C=O) groups excluding carboxylic acids is 1. The summed E-state index contributed by atoms with van der Waals surface area (Å²) in [5.41, 5.74) is 0.969. The molecule has 90 valence electrons. The maximum atomic E-state index is 11.6. The average molecular weight is 251 g/mol. The van der Waals surface area contributed by atoms with Gasteiger partial charge in [0.2, 0.25) is 5.91 Å². The molecule has 17 heavy (non-hydrogen) atoms. The van der Waals surface area contributed by atoms with Crippen molar-refractivity contribution in [2.45, 2.75) is 18.3 Å². The van der Waals surface area contributed by atoms with Crippen molar-refractivity contribution in [3.05, 3.63) is 35.9 Å². The van der Waals surface area contributed by atoms with Crippen LogP contribution in [-0.2, 0) is 9.59 Å². The number of benzene rings is 1. The topological polar surface area (TPSA) is 57.6 Å². The van der Waals surface area contributed by atoms with E-state index in [1.54, 1.807) is 0 Å². The van der Waals surface area contributed by atoms with Gasteiger partial charge in [0.1, 0.15) is 11.4 Å². The summed E-state index contributed by atoms with van der Waals surface area (Å²) in [6, 6.07) is 8.79. The first-order valence-corrected chi connectivity index (χ1v) is 6.34. The van der Waals surface area contributed by atoms with Gasteiger partial charge in [-0.1, -0.05) is 30.3 Å². The molecule has 0 saturated carbocycles. The first-order valence-electron chi connectivity index (χ1n) is 5.29. The molecule has 1 aliphatic heterocycles. The van der Waals surface area contributed by atoms with Crippen LogP contribution in [0.15, 0.2) is 30.3 Å². The monoisotopic (exact) mass is 251 g/mol. The molecule has 1 amide bonds. The smallest absolute Gasteiger partial charge is 0.327 e. The van der Waals surface area contributed by atoms with E-state index < -0.39 is 12.0 Å². The third-order valence-corrected chi connectivity index (χ3v) is 4.06. The van der Waals surface area contributed by atoms with E-state index in [4.69, 9.17) is 5.11 Å². The second-order valence-corrected chi connectivity index (χ2v) is 4.99. The van der Waals surface area contributed by atoms with Crippen molar-refractivity contribution in [3.8, 4) is 0 Å². The van der Waals surface area contributed by atoms with Crippen molar-refractivity contribution < 1.29 is 14.7 Å². The van der Waals surface area contributed by atoms with Crippen LogP contribution in [-0.4, -0.2) is 33.7 Å². The zero-order valence-electron chi connectivity index (χ0n) is 9.37. The number of rotatable bonds is 2. The molecular formula is C12H13NO3S. The van der Waals surface area contributed by atoms with E-state index in [1.165, 1.54) is 23.6 Å². The summed E-state index contributed by atoms with van der Waals surface area (Å²) in [4.78, 5) is 24.1. The lowest BCUT2D eigenvalue weighted by Gasteiger charge is -2.26. The van der Waals surface area contributed by atoms with Crippen LogP contribution in [0.3, 0.4) is 0 Å². The fourth-order valence-corrected chi connectivity index (χ4v) is 3.43. The van der Waals surface area contributed by atoms with E-state index in [0.29, 0.717) is 5.75 Å². The number of carboxylic acid groups (broad SMARTS) is 1. The first-order chi connectivity index (χ1) is 8.11. The van der Waals surface area contributed by atoms with Gasteiger partial charge in [0.05, 0.1) is 0 Å². The second kappa shape index (κ2) is 4.79. The van der Waals surface area contributed by atoms with Crippen molar-refractivity contribution in [1.82, 2.24) is 4.90 Å². The SMILES string of the molecule is CC(=O)N1C(c2ccccc2)SC[C@H]1C(=O)O. The molecule has 1 aromatic carbocycles. The van der Waals surface area contributed by atoms with Gasteiger partial charge in [-0.05, 0) is 5.56 Å². The van der Waals surface area contributed by atoms with Gasteiger partial charge in [0.15, 0.2) is 0 Å². The Balaban J connectivity index is 2.30. The molecule has 0 spiro atoms. The molecule has 1 fully saturated rings. The van der Waals surface area contributed by atoms with Crippen molar-refractivity contribution in [1.29, 1.82) is 0 Å². The van der Waals surface area contributed by atoms with Crippen LogP contribution >= 0.6 is 11.8 Å².